The summed E-state index contributed by atoms with van der Waals surface area (Å²) in [6.45, 7) is 17.3. The zero-order valence-corrected chi connectivity index (χ0v) is 24.6. The first-order valence-corrected chi connectivity index (χ1v) is 15.0. The number of ether oxygens (including phenoxy) is 1. The van der Waals surface area contributed by atoms with Gasteiger partial charge in [-0.1, -0.05) is 52.3 Å². The fourth-order valence-corrected chi connectivity index (χ4v) is 5.52. The van der Waals surface area contributed by atoms with Crippen molar-refractivity contribution in [1.82, 2.24) is 19.4 Å². The Bertz CT molecular complexity index is 1120. The molecule has 0 N–H and O–H groups in total. The van der Waals surface area contributed by atoms with Gasteiger partial charge in [-0.15, -0.1) is 0 Å². The zero-order valence-electron chi connectivity index (χ0n) is 24.6. The molecule has 4 rings (SSSR count). The molecule has 5 heteroatoms. The minimum Gasteiger partial charge on any atom is -0.497 e. The Morgan fingerprint density at radius 2 is 1.63 bits per heavy atom. The van der Waals surface area contributed by atoms with E-state index in [1.807, 2.05) is 6.07 Å². The number of piperidine rings is 1. The van der Waals surface area contributed by atoms with Crippen LogP contribution < -0.4 is 4.74 Å². The second-order valence-corrected chi connectivity index (χ2v) is 12.0. The summed E-state index contributed by atoms with van der Waals surface area (Å²) in [5.74, 6) is 3.38. The van der Waals surface area contributed by atoms with E-state index >= 15 is 0 Å². The summed E-state index contributed by atoms with van der Waals surface area (Å²) in [5, 5.41) is 0. The maximum absolute atomic E-state index is 5.54. The van der Waals surface area contributed by atoms with E-state index in [-0.39, 0.29) is 0 Å². The molecule has 0 saturated carbocycles. The molecule has 1 fully saturated rings. The molecular weight excluding hydrogens is 468 g/mol. The van der Waals surface area contributed by atoms with Crippen molar-refractivity contribution in [3.8, 4) is 17.1 Å². The van der Waals surface area contributed by atoms with Crippen LogP contribution in [0.4, 0.5) is 0 Å². The minimum atomic E-state index is 0.728. The molecule has 1 saturated heterocycles. The van der Waals surface area contributed by atoms with Gasteiger partial charge in [-0.2, -0.15) is 0 Å². The number of aromatic nitrogens is 2. The lowest BCUT2D eigenvalue weighted by atomic mass is 10.1. The maximum atomic E-state index is 5.54. The smallest absolute Gasteiger partial charge is 0.141 e. The van der Waals surface area contributed by atoms with Crippen LogP contribution >= 0.6 is 0 Å². The second kappa shape index (κ2) is 14.1. The molecule has 0 atom stereocenters. The van der Waals surface area contributed by atoms with Gasteiger partial charge in [0.2, 0.25) is 0 Å². The molecule has 0 amide bonds. The Morgan fingerprint density at radius 1 is 0.895 bits per heavy atom. The minimum absolute atomic E-state index is 0.728. The van der Waals surface area contributed by atoms with E-state index in [2.05, 4.69) is 78.5 Å². The van der Waals surface area contributed by atoms with Crippen LogP contribution in [0.3, 0.4) is 0 Å². The molecule has 3 aromatic rings. The Hall–Kier alpha value is -2.37. The van der Waals surface area contributed by atoms with Crippen LogP contribution in [0, 0.1) is 11.8 Å². The lowest BCUT2D eigenvalue weighted by molar-refractivity contribution is 0.223. The van der Waals surface area contributed by atoms with Gasteiger partial charge in [-0.05, 0) is 106 Å². The molecule has 0 aliphatic carbocycles. The van der Waals surface area contributed by atoms with Gasteiger partial charge in [-0.3, -0.25) is 4.90 Å². The molecule has 2 aromatic carbocycles. The number of methoxy groups -OCH3 is 1. The Morgan fingerprint density at radius 3 is 2.32 bits per heavy atom. The molecule has 5 nitrogen and oxygen atoms in total. The fraction of sp³-hybridized carbons (Fsp3) is 0.606. The summed E-state index contributed by atoms with van der Waals surface area (Å²) < 4.78 is 8.01. The zero-order chi connectivity index (χ0) is 26.9. The molecule has 1 aliphatic rings. The summed E-state index contributed by atoms with van der Waals surface area (Å²) in [7, 11) is 1.73. The van der Waals surface area contributed by atoms with Crippen molar-refractivity contribution in [3.63, 3.8) is 0 Å². The normalized spacial score (nSPS) is 14.8. The number of rotatable bonds is 14. The molecule has 0 bridgehead atoms. The molecule has 0 radical (unpaired) electrons. The molecule has 1 aromatic heterocycles. The van der Waals surface area contributed by atoms with E-state index in [4.69, 9.17) is 9.72 Å². The van der Waals surface area contributed by atoms with Crippen molar-refractivity contribution >= 4 is 11.0 Å². The van der Waals surface area contributed by atoms with Gasteiger partial charge in [0.15, 0.2) is 0 Å². The Kier molecular flexibility index (Phi) is 10.7. The number of benzene rings is 2. The average Bonchev–Trinajstić information content (AvgIpc) is 3.28. The maximum Gasteiger partial charge on any atom is 0.141 e. The fourth-order valence-electron chi connectivity index (χ4n) is 5.52. The van der Waals surface area contributed by atoms with Crippen LogP contribution in [0.5, 0.6) is 5.75 Å². The number of nitrogens with zero attached hydrogens (tertiary/aromatic N) is 4. The number of hydrogen-bond donors (Lipinski definition) is 0. The van der Waals surface area contributed by atoms with Gasteiger partial charge >= 0.3 is 0 Å². The third-order valence-electron chi connectivity index (χ3n) is 7.90. The average molecular weight is 519 g/mol. The first-order chi connectivity index (χ1) is 18.4. The van der Waals surface area contributed by atoms with E-state index in [1.54, 1.807) is 7.11 Å². The van der Waals surface area contributed by atoms with Gasteiger partial charge in [0.05, 0.1) is 18.1 Å². The van der Waals surface area contributed by atoms with Gasteiger partial charge in [-0.25, -0.2) is 4.98 Å². The predicted molar refractivity (Wildman–Crippen MR) is 161 cm³/mol. The summed E-state index contributed by atoms with van der Waals surface area (Å²) >= 11 is 0. The van der Waals surface area contributed by atoms with Crippen molar-refractivity contribution in [2.24, 2.45) is 11.8 Å². The van der Waals surface area contributed by atoms with Crippen molar-refractivity contribution in [2.75, 3.05) is 39.8 Å². The topological polar surface area (TPSA) is 33.5 Å². The van der Waals surface area contributed by atoms with Gasteiger partial charge < -0.3 is 14.2 Å². The first-order valence-electron chi connectivity index (χ1n) is 15.0. The monoisotopic (exact) mass is 518 g/mol. The molecule has 0 spiro atoms. The van der Waals surface area contributed by atoms with E-state index in [0.717, 1.165) is 73.6 Å². The molecule has 38 heavy (non-hydrogen) atoms. The summed E-state index contributed by atoms with van der Waals surface area (Å²) in [6, 6.07) is 15.3. The highest BCUT2D eigenvalue weighted by atomic mass is 16.5. The number of hydrogen-bond acceptors (Lipinski definition) is 4. The number of aryl methyl sites for hydroxylation is 1. The predicted octanol–water partition coefficient (Wildman–Crippen LogP) is 7.48. The number of fused-ring (bicyclic) bond motifs is 1. The van der Waals surface area contributed by atoms with Crippen molar-refractivity contribution < 1.29 is 4.74 Å². The van der Waals surface area contributed by atoms with Crippen molar-refractivity contribution in [2.45, 2.75) is 79.3 Å². The molecule has 1 aliphatic heterocycles. The van der Waals surface area contributed by atoms with E-state index in [1.165, 1.54) is 56.3 Å². The van der Waals surface area contributed by atoms with Crippen LogP contribution in [-0.2, 0) is 13.1 Å². The quantitative estimate of drug-likeness (QED) is 0.221. The third kappa shape index (κ3) is 8.07. The molecule has 208 valence electrons. The second-order valence-electron chi connectivity index (χ2n) is 12.0. The Labute approximate surface area is 231 Å². The lowest BCUT2D eigenvalue weighted by Crippen LogP contribution is -2.31. The van der Waals surface area contributed by atoms with E-state index in [9.17, 15) is 0 Å². The van der Waals surface area contributed by atoms with Crippen LogP contribution in [0.25, 0.3) is 22.4 Å². The Balaban J connectivity index is 1.61. The lowest BCUT2D eigenvalue weighted by Gasteiger charge is -2.26. The van der Waals surface area contributed by atoms with Crippen LogP contribution in [-0.4, -0.2) is 59.2 Å². The number of likely N-dealkylation sites (tertiary alicyclic amines) is 1. The highest BCUT2D eigenvalue weighted by Crippen LogP contribution is 2.29. The van der Waals surface area contributed by atoms with Crippen LogP contribution in [0.1, 0.15) is 71.8 Å². The summed E-state index contributed by atoms with van der Waals surface area (Å²) in [5.41, 5.74) is 4.85. The van der Waals surface area contributed by atoms with Gasteiger partial charge in [0, 0.05) is 18.7 Å². The largest absolute Gasteiger partial charge is 0.497 e. The third-order valence-corrected chi connectivity index (χ3v) is 7.90. The van der Waals surface area contributed by atoms with Gasteiger partial charge in [0.25, 0.3) is 0 Å². The van der Waals surface area contributed by atoms with Crippen molar-refractivity contribution in [3.05, 3.63) is 48.0 Å². The molecular formula is C33H50N4O. The van der Waals surface area contributed by atoms with E-state index < -0.39 is 0 Å². The standard InChI is InChI=1S/C33H50N4O/c1-26(2)15-21-36(22-16-27(3)4)25-28-13-14-31-32(23-28)37(20-10-19-35-17-7-6-8-18-35)33(34-31)29-11-9-12-30(24-29)38-5/h9,11-14,23-24,26-27H,6-8,10,15-22,25H2,1-5H3. The van der Waals surface area contributed by atoms with Crippen LogP contribution in [0.15, 0.2) is 42.5 Å². The summed E-state index contributed by atoms with van der Waals surface area (Å²) in [6.07, 6.45) is 7.70. The highest BCUT2D eigenvalue weighted by molar-refractivity contribution is 5.81. The number of imidazole rings is 1. The SMILES string of the molecule is COc1cccc(-c2nc3ccc(CN(CCC(C)C)CCC(C)C)cc3n2CCCN2CCCCC2)c1. The molecule has 0 unspecified atom stereocenters. The highest BCUT2D eigenvalue weighted by Gasteiger charge is 2.16. The van der Waals surface area contributed by atoms with E-state index in [0.29, 0.717) is 0 Å². The van der Waals surface area contributed by atoms with Crippen molar-refractivity contribution in [1.29, 1.82) is 0 Å². The van der Waals surface area contributed by atoms with Gasteiger partial charge in [0.1, 0.15) is 11.6 Å². The first kappa shape index (κ1) is 28.6. The summed E-state index contributed by atoms with van der Waals surface area (Å²) in [4.78, 5) is 10.4. The molecule has 2 heterocycles. The van der Waals surface area contributed by atoms with Crippen LogP contribution in [0.2, 0.25) is 0 Å².